The van der Waals surface area contributed by atoms with Gasteiger partial charge in [-0.1, -0.05) is 0 Å². The Morgan fingerprint density at radius 2 is 1.48 bits per heavy atom. The van der Waals surface area contributed by atoms with Crippen LogP contribution in [0.2, 0.25) is 0 Å². The van der Waals surface area contributed by atoms with Gasteiger partial charge in [0.15, 0.2) is 0 Å². The van der Waals surface area contributed by atoms with Crippen molar-refractivity contribution in [2.45, 2.75) is 19.4 Å². The molecule has 2 fully saturated rings. The molecule has 0 spiro atoms. The summed E-state index contributed by atoms with van der Waals surface area (Å²) in [5, 5.41) is 0. The minimum absolute atomic E-state index is 0.587. The second-order valence-electron chi connectivity index (χ2n) is 5.64. The lowest BCUT2D eigenvalue weighted by molar-refractivity contribution is 0.176. The van der Waals surface area contributed by atoms with Gasteiger partial charge in [-0.2, -0.15) is 17.0 Å². The minimum Gasteiger partial charge on any atom is -0.296 e. The van der Waals surface area contributed by atoms with Gasteiger partial charge in [-0.15, -0.1) is 0 Å². The van der Waals surface area contributed by atoms with Crippen molar-refractivity contribution >= 4 is 10.2 Å². The fraction of sp³-hybridized carbons (Fsp3) is 0.643. The minimum atomic E-state index is -3.23. The number of hydrogen-bond acceptors (Lipinski definition) is 4. The molecule has 7 heteroatoms. The quantitative estimate of drug-likeness (QED) is 0.814. The normalized spacial score (nSPS) is 22.7. The van der Waals surface area contributed by atoms with E-state index in [1.807, 2.05) is 12.1 Å². The molecule has 21 heavy (non-hydrogen) atoms. The molecule has 0 N–H and O–H groups in total. The fourth-order valence-corrected chi connectivity index (χ4v) is 4.62. The molecule has 0 aliphatic carbocycles. The largest absolute Gasteiger partial charge is 0.296 e. The Kier molecular flexibility index (Phi) is 4.54. The van der Waals surface area contributed by atoms with Crippen LogP contribution in [0.25, 0.3) is 0 Å². The van der Waals surface area contributed by atoms with E-state index in [9.17, 15) is 8.42 Å². The van der Waals surface area contributed by atoms with E-state index in [-0.39, 0.29) is 0 Å². The molecule has 3 rings (SSSR count). The van der Waals surface area contributed by atoms with Gasteiger partial charge in [-0.3, -0.25) is 9.88 Å². The smallest absolute Gasteiger partial charge is 0.282 e. The van der Waals surface area contributed by atoms with E-state index in [0.29, 0.717) is 26.2 Å². The first kappa shape index (κ1) is 14.9. The van der Waals surface area contributed by atoms with Crippen LogP contribution in [0.3, 0.4) is 0 Å². The van der Waals surface area contributed by atoms with Gasteiger partial charge in [0.1, 0.15) is 0 Å². The van der Waals surface area contributed by atoms with Crippen LogP contribution >= 0.6 is 0 Å². The van der Waals surface area contributed by atoms with Crippen LogP contribution in [-0.2, 0) is 16.8 Å². The Balaban J connectivity index is 1.55. The van der Waals surface area contributed by atoms with Crippen LogP contribution in [-0.4, -0.2) is 66.2 Å². The number of nitrogens with zero attached hydrogens (tertiary/aromatic N) is 4. The average molecular weight is 310 g/mol. The van der Waals surface area contributed by atoms with Gasteiger partial charge in [0, 0.05) is 58.2 Å². The molecule has 0 atom stereocenters. The van der Waals surface area contributed by atoms with Gasteiger partial charge in [0.2, 0.25) is 0 Å². The molecule has 0 radical (unpaired) electrons. The Morgan fingerprint density at radius 3 is 2.10 bits per heavy atom. The summed E-state index contributed by atoms with van der Waals surface area (Å²) in [7, 11) is -3.23. The Hall–Kier alpha value is -1.02. The zero-order chi connectivity index (χ0) is 14.7. The molecule has 0 bridgehead atoms. The Labute approximate surface area is 126 Å². The molecule has 2 aliphatic heterocycles. The first-order chi connectivity index (χ1) is 10.2. The summed E-state index contributed by atoms with van der Waals surface area (Å²) >= 11 is 0. The number of aromatic nitrogens is 1. The third-order valence-corrected chi connectivity index (χ3v) is 6.24. The lowest BCUT2D eigenvalue weighted by Crippen LogP contribution is -2.52. The molecule has 1 aromatic heterocycles. The molecule has 2 saturated heterocycles. The summed E-state index contributed by atoms with van der Waals surface area (Å²) in [5.74, 6) is 0. The summed E-state index contributed by atoms with van der Waals surface area (Å²) in [6.07, 6.45) is 5.56. The number of hydrogen-bond donors (Lipinski definition) is 0. The third-order valence-electron chi connectivity index (χ3n) is 4.20. The summed E-state index contributed by atoms with van der Waals surface area (Å²) in [6.45, 7) is 4.97. The lowest BCUT2D eigenvalue weighted by atomic mass is 10.2. The third kappa shape index (κ3) is 3.42. The van der Waals surface area contributed by atoms with Crippen molar-refractivity contribution in [3.05, 3.63) is 30.1 Å². The molecule has 0 aromatic carbocycles. The van der Waals surface area contributed by atoms with Crippen molar-refractivity contribution in [3.8, 4) is 0 Å². The number of pyridine rings is 1. The molecule has 2 aliphatic rings. The molecule has 6 nitrogen and oxygen atoms in total. The van der Waals surface area contributed by atoms with Gasteiger partial charge in [0.25, 0.3) is 10.2 Å². The van der Waals surface area contributed by atoms with Gasteiger partial charge in [-0.25, -0.2) is 0 Å². The maximum Gasteiger partial charge on any atom is 0.282 e. The molecule has 0 unspecified atom stereocenters. The summed E-state index contributed by atoms with van der Waals surface area (Å²) in [4.78, 5) is 6.31. The summed E-state index contributed by atoms with van der Waals surface area (Å²) < 4.78 is 28.2. The van der Waals surface area contributed by atoms with Gasteiger partial charge < -0.3 is 0 Å². The Bertz CT molecular complexity index is 550. The van der Waals surface area contributed by atoms with Crippen LogP contribution in [0.1, 0.15) is 18.4 Å². The van der Waals surface area contributed by atoms with Gasteiger partial charge in [-0.05, 0) is 30.5 Å². The molecule has 0 saturated carbocycles. The van der Waals surface area contributed by atoms with Gasteiger partial charge in [0.05, 0.1) is 0 Å². The SMILES string of the molecule is O=S(=O)(N1CCCC1)N1CCN(Cc2ccncc2)CC1. The number of rotatable bonds is 4. The van der Waals surface area contributed by atoms with Crippen molar-refractivity contribution < 1.29 is 8.42 Å². The monoisotopic (exact) mass is 310 g/mol. The van der Waals surface area contributed by atoms with Crippen LogP contribution in [0.4, 0.5) is 0 Å². The highest BCUT2D eigenvalue weighted by Crippen LogP contribution is 2.18. The Morgan fingerprint density at radius 1 is 0.905 bits per heavy atom. The zero-order valence-corrected chi connectivity index (χ0v) is 13.0. The van der Waals surface area contributed by atoms with Gasteiger partial charge >= 0.3 is 0 Å². The summed E-state index contributed by atoms with van der Waals surface area (Å²) in [6, 6.07) is 4.01. The van der Waals surface area contributed by atoms with E-state index in [1.54, 1.807) is 21.0 Å². The predicted molar refractivity (Wildman–Crippen MR) is 80.8 cm³/mol. The van der Waals surface area contributed by atoms with Crippen LogP contribution in [0.5, 0.6) is 0 Å². The number of piperazine rings is 1. The first-order valence-corrected chi connectivity index (χ1v) is 8.92. The maximum atomic E-state index is 12.5. The van der Waals surface area contributed by atoms with E-state index in [4.69, 9.17) is 0 Å². The van der Waals surface area contributed by atoms with Crippen molar-refractivity contribution in [2.75, 3.05) is 39.3 Å². The highest BCUT2D eigenvalue weighted by molar-refractivity contribution is 7.86. The molecule has 1 aromatic rings. The standard InChI is InChI=1S/C14H22N4O2S/c19-21(20,17-7-1-2-8-17)18-11-9-16(10-12-18)13-14-3-5-15-6-4-14/h3-6H,1-2,7-13H2. The van der Waals surface area contributed by atoms with E-state index in [2.05, 4.69) is 9.88 Å². The fourth-order valence-electron chi connectivity index (χ4n) is 2.95. The van der Waals surface area contributed by atoms with Crippen molar-refractivity contribution in [2.24, 2.45) is 0 Å². The van der Waals surface area contributed by atoms with Crippen molar-refractivity contribution in [1.29, 1.82) is 0 Å². The molecular weight excluding hydrogens is 288 g/mol. The summed E-state index contributed by atoms with van der Waals surface area (Å²) in [5.41, 5.74) is 1.22. The van der Waals surface area contributed by atoms with Crippen molar-refractivity contribution in [3.63, 3.8) is 0 Å². The van der Waals surface area contributed by atoms with E-state index in [1.165, 1.54) is 5.56 Å². The van der Waals surface area contributed by atoms with E-state index >= 15 is 0 Å². The predicted octanol–water partition coefficient (Wildman–Crippen LogP) is 0.540. The lowest BCUT2D eigenvalue weighted by Gasteiger charge is -2.35. The average Bonchev–Trinajstić information content (AvgIpc) is 3.04. The highest BCUT2D eigenvalue weighted by atomic mass is 32.2. The molecule has 0 amide bonds. The first-order valence-electron chi connectivity index (χ1n) is 7.53. The maximum absolute atomic E-state index is 12.5. The van der Waals surface area contributed by atoms with E-state index in [0.717, 1.165) is 32.5 Å². The van der Waals surface area contributed by atoms with E-state index < -0.39 is 10.2 Å². The highest BCUT2D eigenvalue weighted by Gasteiger charge is 2.33. The second kappa shape index (κ2) is 6.39. The molecule has 116 valence electrons. The van der Waals surface area contributed by atoms with Crippen molar-refractivity contribution in [1.82, 2.24) is 18.5 Å². The topological polar surface area (TPSA) is 56.8 Å². The second-order valence-corrected chi connectivity index (χ2v) is 7.57. The van der Waals surface area contributed by atoms with Crippen LogP contribution < -0.4 is 0 Å². The molecule has 3 heterocycles. The molecular formula is C14H22N4O2S. The van der Waals surface area contributed by atoms with Crippen LogP contribution in [0, 0.1) is 0 Å². The van der Waals surface area contributed by atoms with Crippen LogP contribution in [0.15, 0.2) is 24.5 Å². The zero-order valence-electron chi connectivity index (χ0n) is 12.2.